The van der Waals surface area contributed by atoms with E-state index >= 15 is 0 Å². The average Bonchev–Trinajstić information content (AvgIpc) is 2.93. The zero-order valence-electron chi connectivity index (χ0n) is 12.9. The van der Waals surface area contributed by atoms with E-state index in [2.05, 4.69) is 11.0 Å². The third kappa shape index (κ3) is 2.47. The van der Waals surface area contributed by atoms with Crippen molar-refractivity contribution in [1.82, 2.24) is 0 Å². The second-order valence-electron chi connectivity index (χ2n) is 6.31. The fourth-order valence-electron chi connectivity index (χ4n) is 3.95. The predicted octanol–water partition coefficient (Wildman–Crippen LogP) is 3.13. The number of benzene rings is 1. The fourth-order valence-corrected chi connectivity index (χ4v) is 3.95. The van der Waals surface area contributed by atoms with Crippen molar-refractivity contribution >= 4 is 17.3 Å². The van der Waals surface area contributed by atoms with E-state index in [1.54, 1.807) is 0 Å². The molecule has 1 saturated heterocycles. The van der Waals surface area contributed by atoms with E-state index in [0.717, 1.165) is 23.7 Å². The van der Waals surface area contributed by atoms with Crippen LogP contribution in [0.4, 0.5) is 11.4 Å². The van der Waals surface area contributed by atoms with E-state index in [1.807, 2.05) is 13.0 Å². The molecule has 2 fully saturated rings. The van der Waals surface area contributed by atoms with Crippen LogP contribution in [0.3, 0.4) is 0 Å². The molecule has 4 heteroatoms. The van der Waals surface area contributed by atoms with Gasteiger partial charge in [0.15, 0.2) is 0 Å². The Bertz CT molecular complexity index is 556. The molecular formula is C17H24N2O2. The van der Waals surface area contributed by atoms with Gasteiger partial charge in [-0.2, -0.15) is 0 Å². The van der Waals surface area contributed by atoms with Gasteiger partial charge in [0.2, 0.25) is 0 Å². The van der Waals surface area contributed by atoms with Crippen LogP contribution >= 0.6 is 0 Å². The van der Waals surface area contributed by atoms with Gasteiger partial charge in [0.25, 0.3) is 0 Å². The van der Waals surface area contributed by atoms with Crippen molar-refractivity contribution in [2.24, 2.45) is 5.92 Å². The van der Waals surface area contributed by atoms with Crippen LogP contribution in [-0.4, -0.2) is 25.7 Å². The molecular weight excluding hydrogens is 264 g/mol. The fraction of sp³-hybridized carbons (Fsp3) is 0.588. The van der Waals surface area contributed by atoms with Gasteiger partial charge in [0.05, 0.1) is 12.7 Å². The highest BCUT2D eigenvalue weighted by molar-refractivity contribution is 5.97. The number of carbonyl (C=O) groups is 1. The highest BCUT2D eigenvalue weighted by Gasteiger charge is 2.36. The van der Waals surface area contributed by atoms with Gasteiger partial charge in [-0.15, -0.1) is 0 Å². The van der Waals surface area contributed by atoms with E-state index in [1.165, 1.54) is 39.2 Å². The van der Waals surface area contributed by atoms with Gasteiger partial charge in [0.1, 0.15) is 0 Å². The molecule has 0 amide bonds. The molecule has 114 valence electrons. The summed E-state index contributed by atoms with van der Waals surface area (Å²) in [4.78, 5) is 14.4. The lowest BCUT2D eigenvalue weighted by atomic mass is 9.85. The summed E-state index contributed by atoms with van der Waals surface area (Å²) >= 11 is 0. The van der Waals surface area contributed by atoms with Crippen molar-refractivity contribution < 1.29 is 9.53 Å². The van der Waals surface area contributed by atoms with Crippen LogP contribution < -0.4 is 10.6 Å². The lowest BCUT2D eigenvalue weighted by Crippen LogP contribution is -2.34. The summed E-state index contributed by atoms with van der Waals surface area (Å²) in [5, 5.41) is 0. The van der Waals surface area contributed by atoms with Crippen LogP contribution in [-0.2, 0) is 4.74 Å². The molecule has 0 bridgehead atoms. The Labute approximate surface area is 126 Å². The topological polar surface area (TPSA) is 55.6 Å². The molecule has 1 aliphatic heterocycles. The maximum Gasteiger partial charge on any atom is 0.340 e. The van der Waals surface area contributed by atoms with Crippen molar-refractivity contribution in [1.29, 1.82) is 0 Å². The summed E-state index contributed by atoms with van der Waals surface area (Å²) in [6.45, 7) is 3.04. The van der Waals surface area contributed by atoms with Gasteiger partial charge in [-0.05, 0) is 49.8 Å². The SMILES string of the molecule is COC(=O)c1cc(N2CCC3CCCCC32)cc(C)c1N. The van der Waals surface area contributed by atoms with Gasteiger partial charge in [-0.3, -0.25) is 0 Å². The lowest BCUT2D eigenvalue weighted by molar-refractivity contribution is 0.0602. The molecule has 2 atom stereocenters. The van der Waals surface area contributed by atoms with Gasteiger partial charge in [0, 0.05) is 24.0 Å². The van der Waals surface area contributed by atoms with E-state index in [9.17, 15) is 4.79 Å². The molecule has 21 heavy (non-hydrogen) atoms. The van der Waals surface area contributed by atoms with Crippen LogP contribution in [0.2, 0.25) is 0 Å². The van der Waals surface area contributed by atoms with Gasteiger partial charge < -0.3 is 15.4 Å². The molecule has 0 radical (unpaired) electrons. The second kappa shape index (κ2) is 5.58. The maximum absolute atomic E-state index is 11.9. The minimum absolute atomic E-state index is 0.350. The van der Waals surface area contributed by atoms with Crippen molar-refractivity contribution in [3.63, 3.8) is 0 Å². The molecule has 1 saturated carbocycles. The molecule has 4 nitrogen and oxygen atoms in total. The molecule has 2 aliphatic rings. The number of esters is 1. The number of aryl methyl sites for hydroxylation is 1. The first-order valence-electron chi connectivity index (χ1n) is 7.87. The number of ether oxygens (including phenoxy) is 1. The quantitative estimate of drug-likeness (QED) is 0.671. The minimum atomic E-state index is -0.350. The Balaban J connectivity index is 1.95. The van der Waals surface area contributed by atoms with E-state index in [-0.39, 0.29) is 5.97 Å². The summed E-state index contributed by atoms with van der Waals surface area (Å²) in [7, 11) is 1.40. The van der Waals surface area contributed by atoms with Crippen LogP contribution in [0.15, 0.2) is 12.1 Å². The Morgan fingerprint density at radius 3 is 2.81 bits per heavy atom. The highest BCUT2D eigenvalue weighted by Crippen LogP contribution is 2.40. The zero-order valence-corrected chi connectivity index (χ0v) is 12.9. The molecule has 1 aromatic rings. The van der Waals surface area contributed by atoms with Crippen LogP contribution in [0.1, 0.15) is 48.0 Å². The number of hydrogen-bond acceptors (Lipinski definition) is 4. The van der Waals surface area contributed by atoms with Gasteiger partial charge in [-0.25, -0.2) is 4.79 Å². The van der Waals surface area contributed by atoms with Crippen molar-refractivity contribution in [3.05, 3.63) is 23.3 Å². The van der Waals surface area contributed by atoms with E-state index in [4.69, 9.17) is 10.5 Å². The largest absolute Gasteiger partial charge is 0.465 e. The first kappa shape index (κ1) is 14.2. The summed E-state index contributed by atoms with van der Waals surface area (Å²) in [5.74, 6) is 0.468. The standard InChI is InChI=1S/C17H24N2O2/c1-11-9-13(10-14(16(11)18)17(20)21-2)19-8-7-12-5-3-4-6-15(12)19/h9-10,12,15H,3-8,18H2,1-2H3. The number of nitrogens with zero attached hydrogens (tertiary/aromatic N) is 1. The number of anilines is 2. The Kier molecular flexibility index (Phi) is 3.79. The second-order valence-corrected chi connectivity index (χ2v) is 6.31. The highest BCUT2D eigenvalue weighted by atomic mass is 16.5. The van der Waals surface area contributed by atoms with Crippen LogP contribution in [0, 0.1) is 12.8 Å². The smallest absolute Gasteiger partial charge is 0.340 e. The molecule has 1 aliphatic carbocycles. The normalized spacial score (nSPS) is 24.8. The van der Waals surface area contributed by atoms with Crippen LogP contribution in [0.25, 0.3) is 0 Å². The molecule has 2 unspecified atom stereocenters. The molecule has 0 aromatic heterocycles. The van der Waals surface area contributed by atoms with Crippen molar-refractivity contribution in [3.8, 4) is 0 Å². The molecule has 3 rings (SSSR count). The van der Waals surface area contributed by atoms with E-state index in [0.29, 0.717) is 17.3 Å². The Hall–Kier alpha value is -1.71. The lowest BCUT2D eigenvalue weighted by Gasteiger charge is -2.33. The summed E-state index contributed by atoms with van der Waals surface area (Å²) < 4.78 is 4.86. The monoisotopic (exact) mass is 288 g/mol. The number of carbonyl (C=O) groups excluding carboxylic acids is 1. The summed E-state index contributed by atoms with van der Waals surface area (Å²) in [5.41, 5.74) is 9.14. The molecule has 1 aromatic carbocycles. The molecule has 1 heterocycles. The van der Waals surface area contributed by atoms with Crippen molar-refractivity contribution in [2.45, 2.75) is 45.1 Å². The molecule has 0 spiro atoms. The van der Waals surface area contributed by atoms with E-state index < -0.39 is 0 Å². The number of nitrogens with two attached hydrogens (primary N) is 1. The molecule has 2 N–H and O–H groups in total. The average molecular weight is 288 g/mol. The number of hydrogen-bond donors (Lipinski definition) is 1. The van der Waals surface area contributed by atoms with Gasteiger partial charge in [-0.1, -0.05) is 12.8 Å². The number of fused-ring (bicyclic) bond motifs is 1. The predicted molar refractivity (Wildman–Crippen MR) is 84.6 cm³/mol. The van der Waals surface area contributed by atoms with Crippen molar-refractivity contribution in [2.75, 3.05) is 24.3 Å². The number of methoxy groups -OCH3 is 1. The summed E-state index contributed by atoms with van der Waals surface area (Å²) in [6.07, 6.45) is 6.56. The van der Waals surface area contributed by atoms with Gasteiger partial charge >= 0.3 is 5.97 Å². The summed E-state index contributed by atoms with van der Waals surface area (Å²) in [6, 6.07) is 4.65. The number of nitrogen functional groups attached to an aromatic ring is 1. The first-order chi connectivity index (χ1) is 10.1. The first-order valence-corrected chi connectivity index (χ1v) is 7.87. The van der Waals surface area contributed by atoms with Crippen LogP contribution in [0.5, 0.6) is 0 Å². The zero-order chi connectivity index (χ0) is 15.0. The number of rotatable bonds is 2. The Morgan fingerprint density at radius 2 is 2.05 bits per heavy atom. The minimum Gasteiger partial charge on any atom is -0.465 e. The maximum atomic E-state index is 11.9. The third-order valence-electron chi connectivity index (χ3n) is 5.12. The third-order valence-corrected chi connectivity index (χ3v) is 5.12. The Morgan fingerprint density at radius 1 is 1.29 bits per heavy atom.